The van der Waals surface area contributed by atoms with Crippen LogP contribution in [0.3, 0.4) is 0 Å². The molecular weight excluding hydrogens is 323 g/mol. The predicted molar refractivity (Wildman–Crippen MR) is 79.0 cm³/mol. The molecule has 0 heterocycles. The number of benzene rings is 2. The second-order valence-corrected chi connectivity index (χ2v) is 5.50. The summed E-state index contributed by atoms with van der Waals surface area (Å²) in [6.45, 7) is 2.05. The van der Waals surface area contributed by atoms with Gasteiger partial charge in [-0.1, -0.05) is 42.0 Å². The van der Waals surface area contributed by atoms with Crippen molar-refractivity contribution in [3.05, 3.63) is 68.8 Å². The van der Waals surface area contributed by atoms with E-state index in [1.807, 2.05) is 24.3 Å². The monoisotopic (exact) mass is 338 g/mol. The van der Waals surface area contributed by atoms with Crippen LogP contribution < -0.4 is 0 Å². The zero-order valence-electron chi connectivity index (χ0n) is 9.73. The maximum atomic E-state index is 10.1. The molecule has 17 heavy (non-hydrogen) atoms. The average molecular weight is 338 g/mol. The molecule has 1 nitrogen and oxygen atoms in total. The Morgan fingerprint density at radius 3 is 2.18 bits per heavy atom. The van der Waals surface area contributed by atoms with Gasteiger partial charge in [0.25, 0.3) is 0 Å². The molecule has 1 atom stereocenters. The van der Waals surface area contributed by atoms with Gasteiger partial charge in [0.05, 0.1) is 6.10 Å². The minimum Gasteiger partial charge on any atom is -0.388 e. The van der Waals surface area contributed by atoms with Gasteiger partial charge in [0, 0.05) is 9.99 Å². The van der Waals surface area contributed by atoms with Gasteiger partial charge >= 0.3 is 0 Å². The van der Waals surface area contributed by atoms with E-state index in [9.17, 15) is 5.11 Å². The fraction of sp³-hybridized carbons (Fsp3) is 0.200. The van der Waals surface area contributed by atoms with E-state index in [-0.39, 0.29) is 0 Å². The molecule has 2 aromatic rings. The van der Waals surface area contributed by atoms with E-state index in [0.29, 0.717) is 6.42 Å². The molecule has 1 N–H and O–H groups in total. The van der Waals surface area contributed by atoms with Gasteiger partial charge in [0.2, 0.25) is 0 Å². The Kier molecular flexibility index (Phi) is 4.18. The number of rotatable bonds is 3. The van der Waals surface area contributed by atoms with E-state index in [1.165, 1.54) is 14.7 Å². The van der Waals surface area contributed by atoms with Gasteiger partial charge in [-0.05, 0) is 52.8 Å². The van der Waals surface area contributed by atoms with E-state index in [4.69, 9.17) is 0 Å². The Morgan fingerprint density at radius 1 is 1.00 bits per heavy atom. The van der Waals surface area contributed by atoms with Crippen LogP contribution in [0.1, 0.15) is 22.8 Å². The molecule has 0 aliphatic carbocycles. The number of halogens is 1. The lowest BCUT2D eigenvalue weighted by molar-refractivity contribution is 0.178. The number of aliphatic hydroxyl groups is 1. The molecule has 1 unspecified atom stereocenters. The van der Waals surface area contributed by atoms with Crippen molar-refractivity contribution in [3.63, 3.8) is 0 Å². The van der Waals surface area contributed by atoms with Crippen LogP contribution in [0.4, 0.5) is 0 Å². The fourth-order valence-corrected chi connectivity index (χ4v) is 2.11. The van der Waals surface area contributed by atoms with Crippen molar-refractivity contribution in [1.29, 1.82) is 0 Å². The first-order valence-electron chi connectivity index (χ1n) is 5.64. The molecule has 88 valence electrons. The third-order valence-corrected chi connectivity index (χ3v) is 3.52. The molecule has 0 saturated heterocycles. The summed E-state index contributed by atoms with van der Waals surface area (Å²) in [6.07, 6.45) is 0.246. The summed E-state index contributed by atoms with van der Waals surface area (Å²) in [6, 6.07) is 16.3. The highest BCUT2D eigenvalue weighted by atomic mass is 127. The Bertz CT molecular complexity index is 473. The zero-order chi connectivity index (χ0) is 12.3. The zero-order valence-corrected chi connectivity index (χ0v) is 11.9. The van der Waals surface area contributed by atoms with E-state index in [2.05, 4.69) is 53.8 Å². The molecular formula is C15H15IO. The van der Waals surface area contributed by atoms with Crippen molar-refractivity contribution < 1.29 is 5.11 Å². The van der Waals surface area contributed by atoms with Crippen molar-refractivity contribution in [2.75, 3.05) is 0 Å². The van der Waals surface area contributed by atoms with Crippen molar-refractivity contribution in [2.45, 2.75) is 19.4 Å². The molecule has 2 aromatic carbocycles. The quantitative estimate of drug-likeness (QED) is 0.843. The van der Waals surface area contributed by atoms with E-state index in [0.717, 1.165) is 5.56 Å². The summed E-state index contributed by atoms with van der Waals surface area (Å²) in [7, 11) is 0. The fourth-order valence-electron chi connectivity index (χ4n) is 1.75. The average Bonchev–Trinajstić information content (AvgIpc) is 2.33. The molecule has 0 bridgehead atoms. The van der Waals surface area contributed by atoms with Crippen LogP contribution >= 0.6 is 22.6 Å². The Labute approximate surface area is 116 Å². The summed E-state index contributed by atoms with van der Waals surface area (Å²) in [4.78, 5) is 0. The highest BCUT2D eigenvalue weighted by Gasteiger charge is 2.07. The second-order valence-electron chi connectivity index (χ2n) is 4.26. The highest BCUT2D eigenvalue weighted by molar-refractivity contribution is 14.1. The lowest BCUT2D eigenvalue weighted by Crippen LogP contribution is -2.01. The summed E-state index contributed by atoms with van der Waals surface area (Å²) >= 11 is 2.28. The minimum atomic E-state index is -0.421. The van der Waals surface area contributed by atoms with Crippen LogP contribution in [0.25, 0.3) is 0 Å². The van der Waals surface area contributed by atoms with Gasteiger partial charge < -0.3 is 5.11 Å². The molecule has 0 aromatic heterocycles. The maximum absolute atomic E-state index is 10.1. The first-order valence-corrected chi connectivity index (χ1v) is 6.72. The van der Waals surface area contributed by atoms with Crippen molar-refractivity contribution in [3.8, 4) is 0 Å². The van der Waals surface area contributed by atoms with Crippen LogP contribution in [0.5, 0.6) is 0 Å². The molecule has 0 aliphatic rings. The molecule has 0 aliphatic heterocycles. The van der Waals surface area contributed by atoms with Crippen LogP contribution in [-0.2, 0) is 6.42 Å². The third-order valence-electron chi connectivity index (χ3n) is 2.80. The van der Waals surface area contributed by atoms with E-state index >= 15 is 0 Å². The largest absolute Gasteiger partial charge is 0.388 e. The van der Waals surface area contributed by atoms with Gasteiger partial charge in [-0.3, -0.25) is 0 Å². The summed E-state index contributed by atoms with van der Waals surface area (Å²) in [5, 5.41) is 10.1. The van der Waals surface area contributed by atoms with Crippen LogP contribution in [-0.4, -0.2) is 5.11 Å². The van der Waals surface area contributed by atoms with Crippen molar-refractivity contribution in [1.82, 2.24) is 0 Å². The standard InChI is InChI=1S/C15H15IO/c1-11-2-6-13(7-3-11)15(17)10-12-4-8-14(16)9-5-12/h2-9,15,17H,10H2,1H3. The Morgan fingerprint density at radius 2 is 1.59 bits per heavy atom. The van der Waals surface area contributed by atoms with E-state index in [1.54, 1.807) is 0 Å². The molecule has 0 amide bonds. The SMILES string of the molecule is Cc1ccc(C(O)Cc2ccc(I)cc2)cc1. The highest BCUT2D eigenvalue weighted by Crippen LogP contribution is 2.19. The van der Waals surface area contributed by atoms with Gasteiger partial charge in [0.1, 0.15) is 0 Å². The Hall–Kier alpha value is -0.870. The van der Waals surface area contributed by atoms with Gasteiger partial charge in [0.15, 0.2) is 0 Å². The first-order chi connectivity index (χ1) is 8.15. The van der Waals surface area contributed by atoms with Crippen molar-refractivity contribution in [2.24, 2.45) is 0 Å². The normalized spacial score (nSPS) is 12.4. The molecule has 2 heteroatoms. The van der Waals surface area contributed by atoms with Gasteiger partial charge in [-0.25, -0.2) is 0 Å². The van der Waals surface area contributed by atoms with Crippen LogP contribution in [0.15, 0.2) is 48.5 Å². The van der Waals surface area contributed by atoms with Gasteiger partial charge in [-0.2, -0.15) is 0 Å². The van der Waals surface area contributed by atoms with Crippen molar-refractivity contribution >= 4 is 22.6 Å². The van der Waals surface area contributed by atoms with E-state index < -0.39 is 6.10 Å². The second kappa shape index (κ2) is 5.65. The summed E-state index contributed by atoms with van der Waals surface area (Å²) in [5.74, 6) is 0. The smallest absolute Gasteiger partial charge is 0.0830 e. The molecule has 2 rings (SSSR count). The summed E-state index contributed by atoms with van der Waals surface area (Å²) < 4.78 is 1.22. The molecule has 0 fully saturated rings. The number of aryl methyl sites for hydroxylation is 1. The summed E-state index contributed by atoms with van der Waals surface area (Å²) in [5.41, 5.74) is 3.36. The lowest BCUT2D eigenvalue weighted by Gasteiger charge is -2.11. The minimum absolute atomic E-state index is 0.421. The first kappa shape index (κ1) is 12.6. The third kappa shape index (κ3) is 3.54. The Balaban J connectivity index is 2.08. The number of hydrogen-bond donors (Lipinski definition) is 1. The maximum Gasteiger partial charge on any atom is 0.0830 e. The topological polar surface area (TPSA) is 20.2 Å². The molecule has 0 radical (unpaired) electrons. The number of hydrogen-bond acceptors (Lipinski definition) is 1. The number of aliphatic hydroxyl groups excluding tert-OH is 1. The lowest BCUT2D eigenvalue weighted by atomic mass is 10.0. The van der Waals surface area contributed by atoms with Crippen LogP contribution in [0.2, 0.25) is 0 Å². The molecule has 0 saturated carbocycles. The van der Waals surface area contributed by atoms with Crippen LogP contribution in [0, 0.1) is 10.5 Å². The van der Waals surface area contributed by atoms with Gasteiger partial charge in [-0.15, -0.1) is 0 Å². The molecule has 0 spiro atoms. The predicted octanol–water partition coefficient (Wildman–Crippen LogP) is 3.88.